The standard InChI is InChI=1S/C16H25N3O2/c1-13-4-5-15(17-2)14(12-13)16(20)18-6-3-7-19-8-10-21-11-9-19/h4-5,12,17H,3,6-11H2,1-2H3,(H,18,20). The van der Waals surface area contributed by atoms with E-state index in [1.54, 1.807) is 0 Å². The number of ether oxygens (including phenoxy) is 1. The maximum atomic E-state index is 12.2. The van der Waals surface area contributed by atoms with Gasteiger partial charge in [0.2, 0.25) is 0 Å². The fraction of sp³-hybridized carbons (Fsp3) is 0.562. The number of morpholine rings is 1. The van der Waals surface area contributed by atoms with Gasteiger partial charge in [-0.3, -0.25) is 9.69 Å². The number of rotatable bonds is 6. The maximum Gasteiger partial charge on any atom is 0.253 e. The third kappa shape index (κ3) is 4.72. The number of anilines is 1. The molecular weight excluding hydrogens is 266 g/mol. The number of hydrogen-bond donors (Lipinski definition) is 2. The SMILES string of the molecule is CNc1ccc(C)cc1C(=O)NCCCN1CCOCC1. The van der Waals surface area contributed by atoms with E-state index in [0.717, 1.165) is 50.5 Å². The molecule has 0 bridgehead atoms. The summed E-state index contributed by atoms with van der Waals surface area (Å²) >= 11 is 0. The lowest BCUT2D eigenvalue weighted by Gasteiger charge is -2.26. The third-order valence-electron chi connectivity index (χ3n) is 3.73. The Kier molecular flexibility index (Phi) is 6.02. The second kappa shape index (κ2) is 8.00. The van der Waals surface area contributed by atoms with Gasteiger partial charge >= 0.3 is 0 Å². The number of nitrogens with one attached hydrogen (secondary N) is 2. The van der Waals surface area contributed by atoms with Crippen molar-refractivity contribution in [3.05, 3.63) is 29.3 Å². The maximum absolute atomic E-state index is 12.2. The van der Waals surface area contributed by atoms with Crippen molar-refractivity contribution in [3.8, 4) is 0 Å². The number of aryl methyl sites for hydroxylation is 1. The van der Waals surface area contributed by atoms with E-state index < -0.39 is 0 Å². The minimum absolute atomic E-state index is 0.00923. The summed E-state index contributed by atoms with van der Waals surface area (Å²) < 4.78 is 5.32. The summed E-state index contributed by atoms with van der Waals surface area (Å²) in [5, 5.41) is 6.07. The van der Waals surface area contributed by atoms with Crippen LogP contribution in [0.5, 0.6) is 0 Å². The third-order valence-corrected chi connectivity index (χ3v) is 3.73. The zero-order chi connectivity index (χ0) is 15.1. The molecule has 0 spiro atoms. The first-order valence-electron chi connectivity index (χ1n) is 7.57. The Morgan fingerprint density at radius 2 is 2.10 bits per heavy atom. The molecule has 2 N–H and O–H groups in total. The summed E-state index contributed by atoms with van der Waals surface area (Å²) in [6.45, 7) is 7.34. The molecule has 1 aliphatic rings. The van der Waals surface area contributed by atoms with Crippen LogP contribution in [0.2, 0.25) is 0 Å². The average Bonchev–Trinajstić information content (AvgIpc) is 2.52. The van der Waals surface area contributed by atoms with E-state index in [4.69, 9.17) is 4.74 Å². The number of benzene rings is 1. The molecule has 1 aromatic rings. The Bertz CT molecular complexity index is 471. The number of carbonyl (C=O) groups is 1. The van der Waals surface area contributed by atoms with Gasteiger partial charge in [0.1, 0.15) is 0 Å². The van der Waals surface area contributed by atoms with E-state index in [1.807, 2.05) is 32.2 Å². The van der Waals surface area contributed by atoms with E-state index in [1.165, 1.54) is 0 Å². The number of amides is 1. The highest BCUT2D eigenvalue weighted by Crippen LogP contribution is 2.16. The predicted octanol–water partition coefficient (Wildman–Crippen LogP) is 1.49. The van der Waals surface area contributed by atoms with Gasteiger partial charge in [-0.2, -0.15) is 0 Å². The lowest BCUT2D eigenvalue weighted by atomic mass is 10.1. The first kappa shape index (κ1) is 15.8. The van der Waals surface area contributed by atoms with Crippen LogP contribution in [0.3, 0.4) is 0 Å². The minimum Gasteiger partial charge on any atom is -0.387 e. The quantitative estimate of drug-likeness (QED) is 0.780. The second-order valence-corrected chi connectivity index (χ2v) is 5.36. The topological polar surface area (TPSA) is 53.6 Å². The van der Waals surface area contributed by atoms with Gasteiger partial charge in [-0.05, 0) is 32.0 Å². The summed E-state index contributed by atoms with van der Waals surface area (Å²) in [5.41, 5.74) is 2.67. The van der Waals surface area contributed by atoms with Crippen molar-refractivity contribution < 1.29 is 9.53 Å². The van der Waals surface area contributed by atoms with Crippen LogP contribution in [-0.4, -0.2) is 57.2 Å². The number of carbonyl (C=O) groups excluding carboxylic acids is 1. The van der Waals surface area contributed by atoms with Crippen molar-refractivity contribution in [2.45, 2.75) is 13.3 Å². The Morgan fingerprint density at radius 3 is 2.81 bits per heavy atom. The largest absolute Gasteiger partial charge is 0.387 e. The first-order valence-corrected chi connectivity index (χ1v) is 7.57. The average molecular weight is 291 g/mol. The summed E-state index contributed by atoms with van der Waals surface area (Å²) in [5.74, 6) is -0.00923. The molecule has 5 nitrogen and oxygen atoms in total. The van der Waals surface area contributed by atoms with Crippen LogP contribution in [0.1, 0.15) is 22.3 Å². The van der Waals surface area contributed by atoms with E-state index in [-0.39, 0.29) is 5.91 Å². The fourth-order valence-electron chi connectivity index (χ4n) is 2.49. The van der Waals surface area contributed by atoms with E-state index in [2.05, 4.69) is 15.5 Å². The summed E-state index contributed by atoms with van der Waals surface area (Å²) in [4.78, 5) is 14.6. The van der Waals surface area contributed by atoms with Gasteiger partial charge < -0.3 is 15.4 Å². The van der Waals surface area contributed by atoms with Crippen molar-refractivity contribution in [3.63, 3.8) is 0 Å². The monoisotopic (exact) mass is 291 g/mol. The van der Waals surface area contributed by atoms with Crippen molar-refractivity contribution in [2.24, 2.45) is 0 Å². The zero-order valence-electron chi connectivity index (χ0n) is 12.9. The van der Waals surface area contributed by atoms with E-state index >= 15 is 0 Å². The van der Waals surface area contributed by atoms with Gasteiger partial charge in [0.05, 0.1) is 18.8 Å². The van der Waals surface area contributed by atoms with Crippen molar-refractivity contribution >= 4 is 11.6 Å². The Labute approximate surface area is 126 Å². The predicted molar refractivity (Wildman–Crippen MR) is 84.9 cm³/mol. The van der Waals surface area contributed by atoms with Crippen LogP contribution >= 0.6 is 0 Å². The zero-order valence-corrected chi connectivity index (χ0v) is 12.9. The van der Waals surface area contributed by atoms with Crippen LogP contribution < -0.4 is 10.6 Å². The molecule has 5 heteroatoms. The van der Waals surface area contributed by atoms with Crippen LogP contribution in [0.4, 0.5) is 5.69 Å². The number of nitrogens with zero attached hydrogens (tertiary/aromatic N) is 1. The molecule has 21 heavy (non-hydrogen) atoms. The van der Waals surface area contributed by atoms with Gasteiger partial charge in [-0.15, -0.1) is 0 Å². The Hall–Kier alpha value is -1.59. The fourth-order valence-corrected chi connectivity index (χ4v) is 2.49. The minimum atomic E-state index is -0.00923. The van der Waals surface area contributed by atoms with Crippen LogP contribution in [-0.2, 0) is 4.74 Å². The van der Waals surface area contributed by atoms with Gasteiger partial charge in [0, 0.05) is 32.4 Å². The molecule has 1 aliphatic heterocycles. The first-order chi connectivity index (χ1) is 10.2. The molecule has 0 atom stereocenters. The molecule has 1 aromatic carbocycles. The van der Waals surface area contributed by atoms with Gasteiger partial charge in [-0.1, -0.05) is 11.6 Å². The van der Waals surface area contributed by atoms with Gasteiger partial charge in [-0.25, -0.2) is 0 Å². The summed E-state index contributed by atoms with van der Waals surface area (Å²) in [7, 11) is 1.83. The molecule has 0 saturated carbocycles. The molecule has 2 rings (SSSR count). The molecule has 1 amide bonds. The van der Waals surface area contributed by atoms with Crippen LogP contribution in [0.25, 0.3) is 0 Å². The summed E-state index contributed by atoms with van der Waals surface area (Å²) in [6.07, 6.45) is 0.965. The van der Waals surface area contributed by atoms with Crippen molar-refractivity contribution in [1.82, 2.24) is 10.2 Å². The van der Waals surface area contributed by atoms with Crippen molar-refractivity contribution in [2.75, 3.05) is 51.8 Å². The highest BCUT2D eigenvalue weighted by molar-refractivity contribution is 5.99. The molecule has 0 aliphatic carbocycles. The van der Waals surface area contributed by atoms with E-state index in [9.17, 15) is 4.79 Å². The molecule has 1 saturated heterocycles. The molecule has 1 heterocycles. The molecular formula is C16H25N3O2. The lowest BCUT2D eigenvalue weighted by molar-refractivity contribution is 0.0374. The van der Waals surface area contributed by atoms with Gasteiger partial charge in [0.15, 0.2) is 0 Å². The Morgan fingerprint density at radius 1 is 1.33 bits per heavy atom. The van der Waals surface area contributed by atoms with E-state index in [0.29, 0.717) is 12.1 Å². The molecule has 0 radical (unpaired) electrons. The smallest absolute Gasteiger partial charge is 0.253 e. The molecule has 1 fully saturated rings. The normalized spacial score (nSPS) is 15.7. The van der Waals surface area contributed by atoms with Gasteiger partial charge in [0.25, 0.3) is 5.91 Å². The lowest BCUT2D eigenvalue weighted by Crippen LogP contribution is -2.38. The highest BCUT2D eigenvalue weighted by Gasteiger charge is 2.12. The van der Waals surface area contributed by atoms with Crippen LogP contribution in [0.15, 0.2) is 18.2 Å². The molecule has 116 valence electrons. The number of hydrogen-bond acceptors (Lipinski definition) is 4. The second-order valence-electron chi connectivity index (χ2n) is 5.36. The van der Waals surface area contributed by atoms with Crippen molar-refractivity contribution in [1.29, 1.82) is 0 Å². The van der Waals surface area contributed by atoms with Crippen LogP contribution in [0, 0.1) is 6.92 Å². The molecule has 0 unspecified atom stereocenters. The molecule has 0 aromatic heterocycles. The highest BCUT2D eigenvalue weighted by atomic mass is 16.5. The summed E-state index contributed by atoms with van der Waals surface area (Å²) in [6, 6.07) is 5.86. The Balaban J connectivity index is 1.77.